The second-order valence-electron chi connectivity index (χ2n) is 6.27. The summed E-state index contributed by atoms with van der Waals surface area (Å²) < 4.78 is 16.6. The Bertz CT molecular complexity index is 710. The fourth-order valence-electron chi connectivity index (χ4n) is 3.23. The van der Waals surface area contributed by atoms with Crippen LogP contribution in [0.3, 0.4) is 0 Å². The van der Waals surface area contributed by atoms with Crippen molar-refractivity contribution in [3.63, 3.8) is 0 Å². The summed E-state index contributed by atoms with van der Waals surface area (Å²) in [6.07, 6.45) is 1.81. The monoisotopic (exact) mass is 360 g/mol. The van der Waals surface area contributed by atoms with Gasteiger partial charge in [0.25, 0.3) is 0 Å². The predicted molar refractivity (Wildman–Crippen MR) is 94.7 cm³/mol. The lowest BCUT2D eigenvalue weighted by molar-refractivity contribution is -0.142. The smallest absolute Gasteiger partial charge is 0.338 e. The van der Waals surface area contributed by atoms with Crippen LogP contribution in [0.1, 0.15) is 38.3 Å². The molecule has 2 amide bonds. The normalized spacial score (nSPS) is 22.6. The van der Waals surface area contributed by atoms with Gasteiger partial charge in [-0.05, 0) is 32.8 Å². The highest BCUT2D eigenvalue weighted by Gasteiger charge is 2.34. The number of hydrogen-bond acceptors (Lipinski definition) is 5. The lowest BCUT2D eigenvalue weighted by atomic mass is 9.95. The average molecular weight is 360 g/mol. The van der Waals surface area contributed by atoms with Crippen molar-refractivity contribution in [1.82, 2.24) is 10.6 Å². The fraction of sp³-hybridized carbons (Fsp3) is 0.474. The summed E-state index contributed by atoms with van der Waals surface area (Å²) in [5.41, 5.74) is 1.56. The molecule has 2 heterocycles. The van der Waals surface area contributed by atoms with E-state index in [0.717, 1.165) is 12.8 Å². The van der Waals surface area contributed by atoms with Crippen LogP contribution in [0.2, 0.25) is 0 Å². The second-order valence-corrected chi connectivity index (χ2v) is 6.27. The van der Waals surface area contributed by atoms with Crippen LogP contribution in [0.5, 0.6) is 5.75 Å². The SMILES string of the molecule is CCOc1ccccc1[C@H]1NC(=O)NC(C)=C1C(=O)OC[C@H]1CCCO1. The van der Waals surface area contributed by atoms with E-state index in [1.807, 2.05) is 31.2 Å². The van der Waals surface area contributed by atoms with Crippen molar-refractivity contribution < 1.29 is 23.8 Å². The third kappa shape index (κ3) is 3.99. The Morgan fingerprint density at radius 2 is 2.15 bits per heavy atom. The largest absolute Gasteiger partial charge is 0.494 e. The Kier molecular flexibility index (Phi) is 5.78. The van der Waals surface area contributed by atoms with Crippen LogP contribution in [0.4, 0.5) is 4.79 Å². The Morgan fingerprint density at radius 3 is 2.88 bits per heavy atom. The van der Waals surface area contributed by atoms with Gasteiger partial charge in [0.05, 0.1) is 24.3 Å². The van der Waals surface area contributed by atoms with Crippen molar-refractivity contribution in [2.75, 3.05) is 19.8 Å². The number of benzene rings is 1. The summed E-state index contributed by atoms with van der Waals surface area (Å²) in [5.74, 6) is 0.154. The Labute approximate surface area is 152 Å². The third-order valence-corrected chi connectivity index (χ3v) is 4.44. The number of esters is 1. The maximum absolute atomic E-state index is 12.8. The van der Waals surface area contributed by atoms with E-state index in [1.165, 1.54) is 0 Å². The zero-order valence-electron chi connectivity index (χ0n) is 15.0. The molecule has 0 aromatic heterocycles. The molecule has 140 valence electrons. The molecule has 2 aliphatic rings. The van der Waals surface area contributed by atoms with E-state index < -0.39 is 12.0 Å². The average Bonchev–Trinajstić information content (AvgIpc) is 3.13. The van der Waals surface area contributed by atoms with Gasteiger partial charge in [0.1, 0.15) is 12.4 Å². The molecule has 0 aliphatic carbocycles. The van der Waals surface area contributed by atoms with Crippen molar-refractivity contribution in [3.8, 4) is 5.75 Å². The minimum absolute atomic E-state index is 0.0554. The number of hydrogen-bond donors (Lipinski definition) is 2. The van der Waals surface area contributed by atoms with Gasteiger partial charge in [-0.15, -0.1) is 0 Å². The molecule has 2 atom stereocenters. The van der Waals surface area contributed by atoms with Gasteiger partial charge < -0.3 is 24.8 Å². The predicted octanol–water partition coefficient (Wildman–Crippen LogP) is 2.44. The molecule has 1 aromatic rings. The quantitative estimate of drug-likeness (QED) is 0.761. The van der Waals surface area contributed by atoms with Crippen LogP contribution in [0, 0.1) is 0 Å². The summed E-state index contributed by atoms with van der Waals surface area (Å²) in [7, 11) is 0. The van der Waals surface area contributed by atoms with Crippen LogP contribution < -0.4 is 15.4 Å². The molecule has 1 aromatic carbocycles. The zero-order valence-corrected chi connectivity index (χ0v) is 15.0. The summed E-state index contributed by atoms with van der Waals surface area (Å²) in [5, 5.41) is 5.45. The molecule has 0 unspecified atom stereocenters. The summed E-state index contributed by atoms with van der Waals surface area (Å²) >= 11 is 0. The lowest BCUT2D eigenvalue weighted by Gasteiger charge is -2.29. The highest BCUT2D eigenvalue weighted by molar-refractivity contribution is 5.95. The molecule has 2 N–H and O–H groups in total. The fourth-order valence-corrected chi connectivity index (χ4v) is 3.23. The molecule has 7 heteroatoms. The maximum Gasteiger partial charge on any atom is 0.338 e. The van der Waals surface area contributed by atoms with Crippen LogP contribution >= 0.6 is 0 Å². The van der Waals surface area contributed by atoms with E-state index in [2.05, 4.69) is 10.6 Å². The summed E-state index contributed by atoms with van der Waals surface area (Å²) in [6.45, 7) is 4.97. The van der Waals surface area contributed by atoms with Crippen molar-refractivity contribution >= 4 is 12.0 Å². The molecule has 0 bridgehead atoms. The van der Waals surface area contributed by atoms with Gasteiger partial charge in [-0.3, -0.25) is 0 Å². The van der Waals surface area contributed by atoms with E-state index >= 15 is 0 Å². The number of carbonyl (C=O) groups excluding carboxylic acids is 2. The van der Waals surface area contributed by atoms with E-state index in [-0.39, 0.29) is 18.7 Å². The first-order valence-electron chi connectivity index (χ1n) is 8.89. The first-order chi connectivity index (χ1) is 12.6. The minimum Gasteiger partial charge on any atom is -0.494 e. The van der Waals surface area contributed by atoms with Gasteiger partial charge in [0.15, 0.2) is 0 Å². The Morgan fingerprint density at radius 1 is 1.35 bits per heavy atom. The molecule has 1 saturated heterocycles. The number of allylic oxidation sites excluding steroid dienone is 1. The minimum atomic E-state index is -0.636. The van der Waals surface area contributed by atoms with E-state index in [0.29, 0.717) is 35.8 Å². The highest BCUT2D eigenvalue weighted by Crippen LogP contribution is 2.33. The topological polar surface area (TPSA) is 85.9 Å². The molecule has 26 heavy (non-hydrogen) atoms. The standard InChI is InChI=1S/C19H24N2O5/c1-3-24-15-9-5-4-8-14(15)17-16(12(2)20-19(23)21-17)18(22)26-11-13-7-6-10-25-13/h4-5,8-9,13,17H,3,6-7,10-11H2,1-2H3,(H2,20,21,23)/t13-,17-/m1/s1. The second kappa shape index (κ2) is 8.23. The lowest BCUT2D eigenvalue weighted by Crippen LogP contribution is -2.45. The molecule has 2 aliphatic heterocycles. The van der Waals surface area contributed by atoms with Crippen LogP contribution in [-0.2, 0) is 14.3 Å². The molecule has 0 saturated carbocycles. The van der Waals surface area contributed by atoms with E-state index in [9.17, 15) is 9.59 Å². The first-order valence-corrected chi connectivity index (χ1v) is 8.89. The number of carbonyl (C=O) groups is 2. The number of rotatable bonds is 6. The number of amides is 2. The highest BCUT2D eigenvalue weighted by atomic mass is 16.6. The molecule has 1 fully saturated rings. The van der Waals surface area contributed by atoms with Crippen molar-refractivity contribution in [2.24, 2.45) is 0 Å². The summed E-state index contributed by atoms with van der Waals surface area (Å²) in [4.78, 5) is 24.7. The van der Waals surface area contributed by atoms with Gasteiger partial charge in [-0.25, -0.2) is 9.59 Å². The van der Waals surface area contributed by atoms with Crippen molar-refractivity contribution in [1.29, 1.82) is 0 Å². The Balaban J connectivity index is 1.85. The van der Waals surface area contributed by atoms with Gasteiger partial charge in [0, 0.05) is 17.9 Å². The Hall–Kier alpha value is -2.54. The van der Waals surface area contributed by atoms with Crippen LogP contribution in [0.15, 0.2) is 35.5 Å². The van der Waals surface area contributed by atoms with Gasteiger partial charge in [0.2, 0.25) is 0 Å². The maximum atomic E-state index is 12.8. The molecule has 0 spiro atoms. The van der Waals surface area contributed by atoms with Crippen molar-refractivity contribution in [2.45, 2.75) is 38.8 Å². The van der Waals surface area contributed by atoms with Gasteiger partial charge in [-0.2, -0.15) is 0 Å². The molecule has 3 rings (SSSR count). The third-order valence-electron chi connectivity index (χ3n) is 4.44. The van der Waals surface area contributed by atoms with E-state index in [4.69, 9.17) is 14.2 Å². The van der Waals surface area contributed by atoms with Crippen molar-refractivity contribution in [3.05, 3.63) is 41.1 Å². The summed E-state index contributed by atoms with van der Waals surface area (Å²) in [6, 6.07) is 6.35. The van der Waals surface area contributed by atoms with Crippen LogP contribution in [0.25, 0.3) is 0 Å². The van der Waals surface area contributed by atoms with E-state index in [1.54, 1.807) is 6.92 Å². The molecule has 0 radical (unpaired) electrons. The molecular weight excluding hydrogens is 336 g/mol. The van der Waals surface area contributed by atoms with Crippen LogP contribution in [-0.4, -0.2) is 37.9 Å². The number of para-hydroxylation sites is 1. The first kappa shape index (κ1) is 18.3. The molecular formula is C19H24N2O5. The zero-order chi connectivity index (χ0) is 18.5. The number of nitrogens with one attached hydrogen (secondary N) is 2. The van der Waals surface area contributed by atoms with Gasteiger partial charge >= 0.3 is 12.0 Å². The number of ether oxygens (including phenoxy) is 3. The number of urea groups is 1. The van der Waals surface area contributed by atoms with Gasteiger partial charge in [-0.1, -0.05) is 18.2 Å². The molecule has 7 nitrogen and oxygen atoms in total.